The van der Waals surface area contributed by atoms with E-state index in [-0.39, 0.29) is 5.54 Å². The van der Waals surface area contributed by atoms with E-state index in [9.17, 15) is 0 Å². The fraction of sp³-hybridized carbons (Fsp3) is 0.333. The normalized spacial score (nSPS) is 18.6. The molecular weight excluding hydrogens is 172 g/mol. The Labute approximate surface area is 83.3 Å². The van der Waals surface area contributed by atoms with Gasteiger partial charge < -0.3 is 10.3 Å². The van der Waals surface area contributed by atoms with Crippen LogP contribution in [-0.2, 0) is 5.54 Å². The number of aromatic nitrogens is 1. The van der Waals surface area contributed by atoms with Crippen LogP contribution in [0.15, 0.2) is 30.5 Å². The molecule has 3 rings (SSSR count). The zero-order valence-electron chi connectivity index (χ0n) is 8.30. The molecule has 1 fully saturated rings. The minimum Gasteiger partial charge on any atom is -0.361 e. The molecule has 0 radical (unpaired) electrons. The Bertz CT molecular complexity index is 466. The first-order valence-corrected chi connectivity index (χ1v) is 5.11. The zero-order valence-corrected chi connectivity index (χ0v) is 8.30. The maximum Gasteiger partial charge on any atom is 0.0457 e. The van der Waals surface area contributed by atoms with Crippen molar-refractivity contribution in [2.75, 3.05) is 7.05 Å². The number of aromatic amines is 1. The first kappa shape index (κ1) is 8.06. The number of fused-ring (bicyclic) bond motifs is 1. The smallest absolute Gasteiger partial charge is 0.0457 e. The van der Waals surface area contributed by atoms with E-state index in [1.54, 1.807) is 0 Å². The van der Waals surface area contributed by atoms with Gasteiger partial charge in [-0.2, -0.15) is 0 Å². The maximum atomic E-state index is 3.41. The van der Waals surface area contributed by atoms with E-state index >= 15 is 0 Å². The number of nitrogens with one attached hydrogen (secondary N) is 2. The van der Waals surface area contributed by atoms with Gasteiger partial charge in [0.2, 0.25) is 0 Å². The molecule has 1 heterocycles. The topological polar surface area (TPSA) is 27.8 Å². The molecule has 1 aliphatic carbocycles. The summed E-state index contributed by atoms with van der Waals surface area (Å²) in [5, 5.41) is 4.70. The van der Waals surface area contributed by atoms with Crippen LogP contribution in [-0.4, -0.2) is 12.0 Å². The van der Waals surface area contributed by atoms with Crippen molar-refractivity contribution in [3.63, 3.8) is 0 Å². The van der Waals surface area contributed by atoms with E-state index in [2.05, 4.69) is 34.6 Å². The van der Waals surface area contributed by atoms with Crippen LogP contribution in [0.2, 0.25) is 0 Å². The number of H-pyrrole nitrogens is 1. The van der Waals surface area contributed by atoms with Crippen LogP contribution in [0.1, 0.15) is 18.4 Å². The summed E-state index contributed by atoms with van der Waals surface area (Å²) in [6.07, 6.45) is 4.51. The summed E-state index contributed by atoms with van der Waals surface area (Å²) < 4.78 is 0. The van der Waals surface area contributed by atoms with Crippen LogP contribution in [0.25, 0.3) is 10.9 Å². The number of rotatable bonds is 2. The number of benzene rings is 1. The molecule has 0 amide bonds. The molecule has 1 aliphatic rings. The maximum absolute atomic E-state index is 3.41. The lowest BCUT2D eigenvalue weighted by Gasteiger charge is -2.14. The third-order valence-corrected chi connectivity index (χ3v) is 3.34. The summed E-state index contributed by atoms with van der Waals surface area (Å²) in [4.78, 5) is 3.26. The lowest BCUT2D eigenvalue weighted by atomic mass is 10.0. The molecule has 1 aromatic heterocycles. The van der Waals surface area contributed by atoms with Crippen LogP contribution >= 0.6 is 0 Å². The van der Waals surface area contributed by atoms with Crippen LogP contribution in [0.5, 0.6) is 0 Å². The van der Waals surface area contributed by atoms with Gasteiger partial charge in [0, 0.05) is 17.3 Å². The Hall–Kier alpha value is -1.28. The molecule has 2 heteroatoms. The van der Waals surface area contributed by atoms with Crippen molar-refractivity contribution in [2.45, 2.75) is 18.4 Å². The van der Waals surface area contributed by atoms with Crippen LogP contribution in [0.4, 0.5) is 0 Å². The van der Waals surface area contributed by atoms with Gasteiger partial charge in [0.25, 0.3) is 0 Å². The Kier molecular flexibility index (Phi) is 1.50. The molecule has 2 N–H and O–H groups in total. The van der Waals surface area contributed by atoms with Gasteiger partial charge in [0.1, 0.15) is 0 Å². The van der Waals surface area contributed by atoms with Crippen molar-refractivity contribution < 1.29 is 0 Å². The zero-order chi connectivity index (χ0) is 9.60. The Morgan fingerprint density at radius 1 is 1.29 bits per heavy atom. The Morgan fingerprint density at radius 2 is 2.14 bits per heavy atom. The lowest BCUT2D eigenvalue weighted by Crippen LogP contribution is -2.24. The third-order valence-electron chi connectivity index (χ3n) is 3.34. The molecule has 0 spiro atoms. The summed E-state index contributed by atoms with van der Waals surface area (Å²) in [6, 6.07) is 8.80. The monoisotopic (exact) mass is 186 g/mol. The SMILES string of the molecule is CNC1(c2ccc3cc[nH]c3c2)CC1. The van der Waals surface area contributed by atoms with Crippen LogP contribution < -0.4 is 5.32 Å². The van der Waals surface area contributed by atoms with E-state index in [1.165, 1.54) is 29.3 Å². The molecule has 1 aromatic carbocycles. The molecule has 14 heavy (non-hydrogen) atoms. The van der Waals surface area contributed by atoms with E-state index in [0.29, 0.717) is 0 Å². The molecule has 0 aliphatic heterocycles. The van der Waals surface area contributed by atoms with Gasteiger partial charge in [0.15, 0.2) is 0 Å². The van der Waals surface area contributed by atoms with Gasteiger partial charge in [-0.3, -0.25) is 0 Å². The second-order valence-corrected chi connectivity index (χ2v) is 4.11. The van der Waals surface area contributed by atoms with Gasteiger partial charge in [-0.15, -0.1) is 0 Å². The fourth-order valence-corrected chi connectivity index (χ4v) is 2.15. The molecular formula is C12H14N2. The molecule has 72 valence electrons. The molecule has 0 saturated heterocycles. The second kappa shape index (κ2) is 2.61. The molecule has 2 nitrogen and oxygen atoms in total. The van der Waals surface area contributed by atoms with Gasteiger partial charge in [-0.25, -0.2) is 0 Å². The van der Waals surface area contributed by atoms with Crippen molar-refractivity contribution in [1.82, 2.24) is 10.3 Å². The third kappa shape index (κ3) is 1.01. The summed E-state index contributed by atoms with van der Waals surface area (Å²) in [5.41, 5.74) is 2.93. The molecule has 0 bridgehead atoms. The Balaban J connectivity index is 2.13. The molecule has 1 saturated carbocycles. The van der Waals surface area contributed by atoms with Crippen molar-refractivity contribution in [3.05, 3.63) is 36.0 Å². The van der Waals surface area contributed by atoms with Crippen molar-refractivity contribution in [1.29, 1.82) is 0 Å². The minimum atomic E-state index is 0.277. The first-order valence-electron chi connectivity index (χ1n) is 5.11. The molecule has 0 unspecified atom stereocenters. The van der Waals surface area contributed by atoms with E-state index in [4.69, 9.17) is 0 Å². The van der Waals surface area contributed by atoms with E-state index < -0.39 is 0 Å². The van der Waals surface area contributed by atoms with Crippen molar-refractivity contribution >= 4 is 10.9 Å². The van der Waals surface area contributed by atoms with E-state index in [0.717, 1.165) is 0 Å². The van der Waals surface area contributed by atoms with Crippen molar-refractivity contribution in [2.24, 2.45) is 0 Å². The van der Waals surface area contributed by atoms with Crippen LogP contribution in [0, 0.1) is 0 Å². The van der Waals surface area contributed by atoms with E-state index in [1.807, 2.05) is 13.2 Å². The summed E-state index contributed by atoms with van der Waals surface area (Å²) in [5.74, 6) is 0. The van der Waals surface area contributed by atoms with Crippen molar-refractivity contribution in [3.8, 4) is 0 Å². The quantitative estimate of drug-likeness (QED) is 0.740. The predicted octanol–water partition coefficient (Wildman–Crippen LogP) is 2.38. The average molecular weight is 186 g/mol. The molecule has 2 aromatic rings. The highest BCUT2D eigenvalue weighted by Crippen LogP contribution is 2.45. The van der Waals surface area contributed by atoms with Crippen LogP contribution in [0.3, 0.4) is 0 Å². The van der Waals surface area contributed by atoms with Gasteiger partial charge in [-0.05, 0) is 43.0 Å². The number of hydrogen-bond donors (Lipinski definition) is 2. The fourth-order valence-electron chi connectivity index (χ4n) is 2.15. The summed E-state index contributed by atoms with van der Waals surface area (Å²) in [7, 11) is 2.05. The standard InChI is InChI=1S/C12H14N2/c1-13-12(5-6-12)10-3-2-9-4-7-14-11(9)8-10/h2-4,7-8,13-14H,5-6H2,1H3. The van der Waals surface area contributed by atoms with Gasteiger partial charge in [0.05, 0.1) is 0 Å². The second-order valence-electron chi connectivity index (χ2n) is 4.11. The van der Waals surface area contributed by atoms with Gasteiger partial charge >= 0.3 is 0 Å². The largest absolute Gasteiger partial charge is 0.361 e. The molecule has 0 atom stereocenters. The highest BCUT2D eigenvalue weighted by Gasteiger charge is 2.42. The summed E-state index contributed by atoms with van der Waals surface area (Å²) in [6.45, 7) is 0. The first-order chi connectivity index (χ1) is 6.84. The lowest BCUT2D eigenvalue weighted by molar-refractivity contribution is 0.586. The number of hydrogen-bond acceptors (Lipinski definition) is 1. The average Bonchev–Trinajstić information content (AvgIpc) is 2.89. The minimum absolute atomic E-state index is 0.277. The highest BCUT2D eigenvalue weighted by atomic mass is 15.0. The van der Waals surface area contributed by atoms with Gasteiger partial charge in [-0.1, -0.05) is 12.1 Å². The predicted molar refractivity (Wildman–Crippen MR) is 58.3 cm³/mol. The Morgan fingerprint density at radius 3 is 2.86 bits per heavy atom. The summed E-state index contributed by atoms with van der Waals surface area (Å²) >= 11 is 0. The highest BCUT2D eigenvalue weighted by molar-refractivity contribution is 5.80.